The number of benzene rings is 1. The van der Waals surface area contributed by atoms with Crippen molar-refractivity contribution in [1.82, 2.24) is 9.97 Å². The third kappa shape index (κ3) is 5.87. The van der Waals surface area contributed by atoms with E-state index in [0.717, 1.165) is 5.56 Å². The van der Waals surface area contributed by atoms with E-state index in [1.807, 2.05) is 4.90 Å². The number of aromatic nitrogens is 2. The van der Waals surface area contributed by atoms with Crippen molar-refractivity contribution < 1.29 is 9.31 Å². The van der Waals surface area contributed by atoms with Crippen molar-refractivity contribution in [2.24, 2.45) is 11.8 Å². The molecule has 0 aliphatic rings. The Bertz CT molecular complexity index is 755. The number of nitro groups is 1. The maximum Gasteiger partial charge on any atom is 0.353 e. The molecule has 2 aromatic rings. The van der Waals surface area contributed by atoms with Gasteiger partial charge >= 0.3 is 5.69 Å². The third-order valence-corrected chi connectivity index (χ3v) is 3.83. The Morgan fingerprint density at radius 2 is 1.70 bits per heavy atom. The van der Waals surface area contributed by atoms with Crippen molar-refractivity contribution in [2.45, 2.75) is 34.2 Å². The van der Waals surface area contributed by atoms with Gasteiger partial charge in [-0.15, -0.1) is 0 Å². The van der Waals surface area contributed by atoms with Gasteiger partial charge in [0.05, 0.1) is 4.92 Å². The summed E-state index contributed by atoms with van der Waals surface area (Å²) in [5.41, 5.74) is 0.660. The molecule has 1 aromatic heterocycles. The van der Waals surface area contributed by atoms with Gasteiger partial charge in [-0.2, -0.15) is 0 Å². The lowest BCUT2D eigenvalue weighted by atomic mass is 10.1. The highest BCUT2D eigenvalue weighted by Gasteiger charge is 2.27. The fourth-order valence-corrected chi connectivity index (χ4v) is 2.82. The Morgan fingerprint density at radius 1 is 1.11 bits per heavy atom. The highest BCUT2D eigenvalue weighted by Crippen LogP contribution is 2.33. The van der Waals surface area contributed by atoms with Crippen LogP contribution in [0.25, 0.3) is 0 Å². The molecule has 0 radical (unpaired) electrons. The molecule has 0 amide bonds. The molecule has 1 heterocycles. The topological polar surface area (TPSA) is 84.2 Å². The van der Waals surface area contributed by atoms with Gasteiger partial charge in [0.1, 0.15) is 12.1 Å². The van der Waals surface area contributed by atoms with Crippen LogP contribution in [-0.2, 0) is 6.54 Å². The number of halogens is 1. The zero-order valence-corrected chi connectivity index (χ0v) is 16.1. The first-order chi connectivity index (χ1) is 12.8. The van der Waals surface area contributed by atoms with Crippen LogP contribution in [-0.4, -0.2) is 28.0 Å². The van der Waals surface area contributed by atoms with E-state index < -0.39 is 4.92 Å². The summed E-state index contributed by atoms with van der Waals surface area (Å²) in [6.07, 6.45) is 1.34. The van der Waals surface area contributed by atoms with Crippen LogP contribution in [0.2, 0.25) is 0 Å². The molecule has 0 aliphatic heterocycles. The predicted molar refractivity (Wildman–Crippen MR) is 104 cm³/mol. The maximum atomic E-state index is 13.0. The molecule has 7 nitrogen and oxygen atoms in total. The molecule has 146 valence electrons. The van der Waals surface area contributed by atoms with Crippen LogP contribution in [0.1, 0.15) is 33.3 Å². The Morgan fingerprint density at radius 3 is 2.22 bits per heavy atom. The zero-order valence-electron chi connectivity index (χ0n) is 16.1. The maximum absolute atomic E-state index is 13.0. The summed E-state index contributed by atoms with van der Waals surface area (Å²) < 4.78 is 13.0. The van der Waals surface area contributed by atoms with E-state index in [0.29, 0.717) is 37.3 Å². The summed E-state index contributed by atoms with van der Waals surface area (Å²) >= 11 is 0. The molecular weight excluding hydrogens is 349 g/mol. The summed E-state index contributed by atoms with van der Waals surface area (Å²) in [6, 6.07) is 5.95. The Kier molecular flexibility index (Phi) is 7.04. The Hall–Kier alpha value is -2.77. The molecule has 0 saturated carbocycles. The molecule has 1 N–H and O–H groups in total. The molecular formula is C19H26FN5O2. The minimum atomic E-state index is -0.448. The van der Waals surface area contributed by atoms with E-state index in [1.54, 1.807) is 12.1 Å². The van der Waals surface area contributed by atoms with Crippen LogP contribution >= 0.6 is 0 Å². The number of nitrogens with one attached hydrogen (secondary N) is 1. The average molecular weight is 375 g/mol. The number of anilines is 2. The zero-order chi connectivity index (χ0) is 20.0. The highest BCUT2D eigenvalue weighted by molar-refractivity contribution is 5.70. The minimum absolute atomic E-state index is 0.138. The monoisotopic (exact) mass is 375 g/mol. The molecule has 0 aliphatic carbocycles. The number of nitrogens with zero attached hydrogens (tertiary/aromatic N) is 4. The second kappa shape index (κ2) is 9.25. The molecule has 1 aromatic carbocycles. The molecule has 8 heteroatoms. The van der Waals surface area contributed by atoms with Crippen LogP contribution in [0.15, 0.2) is 30.6 Å². The fraction of sp³-hybridized carbons (Fsp3) is 0.474. The summed E-state index contributed by atoms with van der Waals surface area (Å²) in [5, 5.41) is 14.8. The van der Waals surface area contributed by atoms with E-state index in [-0.39, 0.29) is 17.3 Å². The Balaban J connectivity index is 2.33. The van der Waals surface area contributed by atoms with Crippen LogP contribution in [0.3, 0.4) is 0 Å². The number of hydrogen-bond acceptors (Lipinski definition) is 6. The first kappa shape index (κ1) is 20.5. The number of rotatable bonds is 9. The smallest absolute Gasteiger partial charge is 0.353 e. The molecule has 2 rings (SSSR count). The van der Waals surface area contributed by atoms with E-state index >= 15 is 0 Å². The molecule has 0 saturated heterocycles. The van der Waals surface area contributed by atoms with Gasteiger partial charge in [-0.05, 0) is 29.5 Å². The van der Waals surface area contributed by atoms with Crippen LogP contribution in [0, 0.1) is 27.8 Å². The fourth-order valence-electron chi connectivity index (χ4n) is 2.82. The van der Waals surface area contributed by atoms with Gasteiger partial charge in [-0.3, -0.25) is 10.1 Å². The van der Waals surface area contributed by atoms with Crippen molar-refractivity contribution in [3.63, 3.8) is 0 Å². The minimum Gasteiger partial charge on any atom is -0.360 e. The lowest BCUT2D eigenvalue weighted by molar-refractivity contribution is -0.383. The summed E-state index contributed by atoms with van der Waals surface area (Å²) in [4.78, 5) is 21.6. The van der Waals surface area contributed by atoms with Crippen molar-refractivity contribution in [1.29, 1.82) is 0 Å². The quantitative estimate of drug-likeness (QED) is 0.521. The number of hydrogen-bond donors (Lipinski definition) is 1. The molecule has 27 heavy (non-hydrogen) atoms. The normalized spacial score (nSPS) is 11.1. The third-order valence-electron chi connectivity index (χ3n) is 3.83. The van der Waals surface area contributed by atoms with Gasteiger partial charge in [-0.1, -0.05) is 39.8 Å². The largest absolute Gasteiger partial charge is 0.360 e. The van der Waals surface area contributed by atoms with Crippen molar-refractivity contribution >= 4 is 17.3 Å². The van der Waals surface area contributed by atoms with Gasteiger partial charge in [0.25, 0.3) is 0 Å². The lowest BCUT2D eigenvalue weighted by Gasteiger charge is -2.27. The van der Waals surface area contributed by atoms with E-state index in [9.17, 15) is 14.5 Å². The molecule has 0 spiro atoms. The average Bonchev–Trinajstić information content (AvgIpc) is 2.59. The first-order valence-electron chi connectivity index (χ1n) is 9.00. The van der Waals surface area contributed by atoms with E-state index in [4.69, 9.17) is 0 Å². The summed E-state index contributed by atoms with van der Waals surface area (Å²) in [5.74, 6) is 0.806. The highest BCUT2D eigenvalue weighted by atomic mass is 19.1. The van der Waals surface area contributed by atoms with Gasteiger partial charge in [0.2, 0.25) is 11.6 Å². The SMILES string of the molecule is CC(C)CN(CC(C)C)c1ncnc(NCc2ccc(F)cc2)c1[N+](=O)[O-]. The van der Waals surface area contributed by atoms with Crippen LogP contribution in [0.5, 0.6) is 0 Å². The molecule has 0 unspecified atom stereocenters. The van der Waals surface area contributed by atoms with Gasteiger partial charge in [-0.25, -0.2) is 14.4 Å². The van der Waals surface area contributed by atoms with Crippen molar-refractivity contribution in [3.8, 4) is 0 Å². The summed E-state index contributed by atoms with van der Waals surface area (Å²) in [6.45, 7) is 9.87. The van der Waals surface area contributed by atoms with Gasteiger partial charge < -0.3 is 10.2 Å². The first-order valence-corrected chi connectivity index (χ1v) is 9.00. The second-order valence-corrected chi connectivity index (χ2v) is 7.32. The van der Waals surface area contributed by atoms with Crippen LogP contribution in [0.4, 0.5) is 21.7 Å². The van der Waals surface area contributed by atoms with E-state index in [2.05, 4.69) is 43.0 Å². The molecule has 0 atom stereocenters. The van der Waals surface area contributed by atoms with Gasteiger partial charge in [0.15, 0.2) is 0 Å². The van der Waals surface area contributed by atoms with E-state index in [1.165, 1.54) is 18.5 Å². The molecule has 0 fully saturated rings. The van der Waals surface area contributed by atoms with Gasteiger partial charge in [0, 0.05) is 19.6 Å². The Labute approximate surface area is 158 Å². The standard InChI is InChI=1S/C19H26FN5O2/c1-13(2)10-24(11-14(3)4)19-17(25(26)27)18(22-12-23-19)21-9-15-5-7-16(20)8-6-15/h5-8,12-14H,9-11H2,1-4H3,(H,21,22,23). The van der Waals surface area contributed by atoms with Crippen molar-refractivity contribution in [3.05, 3.63) is 52.1 Å². The van der Waals surface area contributed by atoms with Crippen LogP contribution < -0.4 is 10.2 Å². The lowest BCUT2D eigenvalue weighted by Crippen LogP contribution is -2.32. The van der Waals surface area contributed by atoms with Crippen molar-refractivity contribution in [2.75, 3.05) is 23.3 Å². The molecule has 0 bridgehead atoms. The predicted octanol–water partition coefficient (Wildman–Crippen LogP) is 4.25. The summed E-state index contributed by atoms with van der Waals surface area (Å²) in [7, 11) is 0. The second-order valence-electron chi connectivity index (χ2n) is 7.32.